The minimum absolute atomic E-state index is 0.113. The Labute approximate surface area is 143 Å². The van der Waals surface area contributed by atoms with Crippen molar-refractivity contribution in [1.29, 1.82) is 0 Å². The monoisotopic (exact) mass is 391 g/mol. The second-order valence-corrected chi connectivity index (χ2v) is 7.56. The summed E-state index contributed by atoms with van der Waals surface area (Å²) in [6, 6.07) is 14.6. The van der Waals surface area contributed by atoms with Crippen molar-refractivity contribution >= 4 is 31.6 Å². The van der Waals surface area contributed by atoms with E-state index < -0.39 is 10.0 Å². The van der Waals surface area contributed by atoms with Crippen molar-refractivity contribution in [3.63, 3.8) is 0 Å². The van der Waals surface area contributed by atoms with Gasteiger partial charge in [-0.3, -0.25) is 4.72 Å². The molecule has 3 rings (SSSR count). The van der Waals surface area contributed by atoms with E-state index in [4.69, 9.17) is 0 Å². The highest BCUT2D eigenvalue weighted by Crippen LogP contribution is 2.22. The number of hydrogen-bond acceptors (Lipinski definition) is 3. The maximum atomic E-state index is 12.5. The van der Waals surface area contributed by atoms with Crippen molar-refractivity contribution < 1.29 is 8.42 Å². The van der Waals surface area contributed by atoms with E-state index in [9.17, 15) is 8.42 Å². The summed E-state index contributed by atoms with van der Waals surface area (Å²) in [4.78, 5) is 0.113. The smallest absolute Gasteiger partial charge is 0.265 e. The predicted molar refractivity (Wildman–Crippen MR) is 93.3 cm³/mol. The molecule has 7 heteroatoms. The van der Waals surface area contributed by atoms with Crippen molar-refractivity contribution in [2.75, 3.05) is 4.72 Å². The Morgan fingerprint density at radius 3 is 2.57 bits per heavy atom. The number of sulfonamides is 1. The van der Waals surface area contributed by atoms with Crippen LogP contribution >= 0.6 is 15.9 Å². The molecule has 0 saturated carbocycles. The minimum Gasteiger partial charge on any atom is -0.280 e. The number of hydrogen-bond donors (Lipinski definition) is 1. The van der Waals surface area contributed by atoms with Gasteiger partial charge in [0, 0.05) is 10.2 Å². The zero-order chi connectivity index (χ0) is 16.4. The fraction of sp³-hybridized carbons (Fsp3) is 0.0625. The highest BCUT2D eigenvalue weighted by atomic mass is 79.9. The zero-order valence-corrected chi connectivity index (χ0v) is 14.7. The molecule has 118 valence electrons. The Kier molecular flexibility index (Phi) is 4.23. The van der Waals surface area contributed by atoms with Gasteiger partial charge in [0.1, 0.15) is 4.90 Å². The average Bonchev–Trinajstić information content (AvgIpc) is 3.02. The lowest BCUT2D eigenvalue weighted by atomic mass is 10.2. The highest BCUT2D eigenvalue weighted by molar-refractivity contribution is 9.10. The van der Waals surface area contributed by atoms with E-state index >= 15 is 0 Å². The molecule has 5 nitrogen and oxygen atoms in total. The molecular formula is C16H14BrN3O2S. The van der Waals surface area contributed by atoms with Crippen LogP contribution in [0.15, 0.2) is 70.3 Å². The molecule has 3 aromatic rings. The fourth-order valence-corrected chi connectivity index (χ4v) is 3.32. The lowest BCUT2D eigenvalue weighted by Gasteiger charge is -2.07. The molecule has 1 heterocycles. The number of aromatic nitrogens is 2. The molecule has 0 atom stereocenters. The standard InChI is InChI=1S/C16H14BrN3O2S/c1-12-9-13(7-8-16(12)17)19-23(21,22)15-10-18-20(11-15)14-5-3-2-4-6-14/h2-11,19H,1H3. The van der Waals surface area contributed by atoms with Crippen molar-refractivity contribution in [1.82, 2.24) is 9.78 Å². The third-order valence-electron chi connectivity index (χ3n) is 3.30. The summed E-state index contributed by atoms with van der Waals surface area (Å²) in [5.41, 5.74) is 2.26. The Bertz CT molecular complexity index is 937. The van der Waals surface area contributed by atoms with Gasteiger partial charge in [-0.15, -0.1) is 0 Å². The summed E-state index contributed by atoms with van der Waals surface area (Å²) in [5, 5.41) is 4.12. The molecule has 0 radical (unpaired) electrons. The first kappa shape index (κ1) is 15.8. The van der Waals surface area contributed by atoms with E-state index in [1.807, 2.05) is 37.3 Å². The van der Waals surface area contributed by atoms with Crippen LogP contribution in [0.5, 0.6) is 0 Å². The minimum atomic E-state index is -3.68. The van der Waals surface area contributed by atoms with Crippen LogP contribution in [0.25, 0.3) is 5.69 Å². The molecule has 0 aliphatic rings. The summed E-state index contributed by atoms with van der Waals surface area (Å²) in [5.74, 6) is 0. The summed E-state index contributed by atoms with van der Waals surface area (Å²) >= 11 is 3.39. The topological polar surface area (TPSA) is 64.0 Å². The number of halogens is 1. The maximum absolute atomic E-state index is 12.5. The first-order chi connectivity index (χ1) is 11.0. The van der Waals surface area contributed by atoms with Crippen LogP contribution in [0.4, 0.5) is 5.69 Å². The van der Waals surface area contributed by atoms with Crippen LogP contribution in [-0.2, 0) is 10.0 Å². The molecule has 1 aromatic heterocycles. The first-order valence-electron chi connectivity index (χ1n) is 6.85. The normalized spacial score (nSPS) is 11.4. The number of rotatable bonds is 4. The SMILES string of the molecule is Cc1cc(NS(=O)(=O)c2cnn(-c3ccccc3)c2)ccc1Br. The van der Waals surface area contributed by atoms with Crippen LogP contribution in [0.2, 0.25) is 0 Å². The van der Waals surface area contributed by atoms with Crippen molar-refractivity contribution in [2.24, 2.45) is 0 Å². The Hall–Kier alpha value is -2.12. The fourth-order valence-electron chi connectivity index (χ4n) is 2.09. The van der Waals surface area contributed by atoms with Gasteiger partial charge in [-0.1, -0.05) is 34.1 Å². The molecule has 0 aliphatic carbocycles. The molecule has 0 unspecified atom stereocenters. The van der Waals surface area contributed by atoms with Gasteiger partial charge in [0.2, 0.25) is 0 Å². The third kappa shape index (κ3) is 3.46. The first-order valence-corrected chi connectivity index (χ1v) is 9.12. The summed E-state index contributed by atoms with van der Waals surface area (Å²) < 4.78 is 30.0. The van der Waals surface area contributed by atoms with E-state index in [1.165, 1.54) is 17.1 Å². The number of anilines is 1. The number of aryl methyl sites for hydroxylation is 1. The number of benzene rings is 2. The summed E-state index contributed by atoms with van der Waals surface area (Å²) in [6.45, 7) is 1.90. The van der Waals surface area contributed by atoms with E-state index in [1.54, 1.807) is 18.2 Å². The third-order valence-corrected chi connectivity index (χ3v) is 5.53. The van der Waals surface area contributed by atoms with E-state index in [-0.39, 0.29) is 4.90 Å². The average molecular weight is 392 g/mol. The van der Waals surface area contributed by atoms with Gasteiger partial charge in [-0.25, -0.2) is 13.1 Å². The zero-order valence-electron chi connectivity index (χ0n) is 12.3. The Balaban J connectivity index is 1.88. The molecule has 2 aromatic carbocycles. The Morgan fingerprint density at radius 1 is 1.13 bits per heavy atom. The number of nitrogens with one attached hydrogen (secondary N) is 1. The Morgan fingerprint density at radius 2 is 1.87 bits per heavy atom. The van der Waals surface area contributed by atoms with Crippen LogP contribution < -0.4 is 4.72 Å². The predicted octanol–water partition coefficient (Wildman–Crippen LogP) is 3.74. The molecule has 0 fully saturated rings. The summed E-state index contributed by atoms with van der Waals surface area (Å²) in [6.07, 6.45) is 2.82. The molecule has 1 N–H and O–H groups in total. The van der Waals surface area contributed by atoms with Crippen LogP contribution in [0.3, 0.4) is 0 Å². The van der Waals surface area contributed by atoms with E-state index in [0.29, 0.717) is 5.69 Å². The maximum Gasteiger partial charge on any atom is 0.265 e. The van der Waals surface area contributed by atoms with Gasteiger partial charge in [-0.05, 0) is 42.8 Å². The lowest BCUT2D eigenvalue weighted by Crippen LogP contribution is -2.12. The number of nitrogens with zero attached hydrogens (tertiary/aromatic N) is 2. The molecule has 0 aliphatic heterocycles. The molecule has 0 bridgehead atoms. The number of para-hydroxylation sites is 1. The van der Waals surface area contributed by atoms with Gasteiger partial charge in [0.05, 0.1) is 18.1 Å². The van der Waals surface area contributed by atoms with Gasteiger partial charge < -0.3 is 0 Å². The van der Waals surface area contributed by atoms with Gasteiger partial charge in [0.25, 0.3) is 10.0 Å². The van der Waals surface area contributed by atoms with Crippen LogP contribution in [0.1, 0.15) is 5.56 Å². The molecule has 23 heavy (non-hydrogen) atoms. The quantitative estimate of drug-likeness (QED) is 0.736. The molecular weight excluding hydrogens is 378 g/mol. The highest BCUT2D eigenvalue weighted by Gasteiger charge is 2.17. The largest absolute Gasteiger partial charge is 0.280 e. The second-order valence-electron chi connectivity index (χ2n) is 5.03. The van der Waals surface area contributed by atoms with Crippen molar-refractivity contribution in [3.05, 3.63) is 71.0 Å². The second kappa shape index (κ2) is 6.17. The van der Waals surface area contributed by atoms with E-state index in [2.05, 4.69) is 25.8 Å². The van der Waals surface area contributed by atoms with Gasteiger partial charge in [-0.2, -0.15) is 5.10 Å². The van der Waals surface area contributed by atoms with E-state index in [0.717, 1.165) is 15.7 Å². The molecule has 0 saturated heterocycles. The lowest BCUT2D eigenvalue weighted by molar-refractivity contribution is 0.601. The van der Waals surface area contributed by atoms with Crippen molar-refractivity contribution in [3.8, 4) is 5.69 Å². The molecule has 0 spiro atoms. The summed E-state index contributed by atoms with van der Waals surface area (Å²) in [7, 11) is -3.68. The van der Waals surface area contributed by atoms with Gasteiger partial charge >= 0.3 is 0 Å². The molecule has 0 amide bonds. The van der Waals surface area contributed by atoms with Crippen LogP contribution in [-0.4, -0.2) is 18.2 Å². The van der Waals surface area contributed by atoms with Gasteiger partial charge in [0.15, 0.2) is 0 Å². The van der Waals surface area contributed by atoms with Crippen molar-refractivity contribution in [2.45, 2.75) is 11.8 Å². The van der Waals surface area contributed by atoms with Crippen LogP contribution in [0, 0.1) is 6.92 Å².